The van der Waals surface area contributed by atoms with E-state index >= 15 is 0 Å². The summed E-state index contributed by atoms with van der Waals surface area (Å²) in [6.07, 6.45) is -0.757. The minimum absolute atomic E-state index is 0.00676. The molecule has 0 radical (unpaired) electrons. The van der Waals surface area contributed by atoms with Crippen LogP contribution in [0.25, 0.3) is 0 Å². The fraction of sp³-hybridized carbons (Fsp3) is 0.694. The SMILES string of the molecule is CC(C)C[C@@H]1NC(=O)[C@H](CC(=O)O)NC(=O)CNC(=O)[C@H](CCCN=C(N)N)NC(=O)[C@@H]2CSSC[C@H](NC(=O)[C@H](CC(C)C)NC(=O)[C@H](CO)NC(=O)[C@H](C)NC1=O)C(=O)N2. The molecule has 2 aliphatic heterocycles. The molecule has 2 bridgehead atoms. The van der Waals surface area contributed by atoms with E-state index in [4.69, 9.17) is 11.5 Å². The van der Waals surface area contributed by atoms with Gasteiger partial charge in [0.1, 0.15) is 48.3 Å². The van der Waals surface area contributed by atoms with Gasteiger partial charge in [-0.05, 0) is 44.4 Å². The standard InChI is InChI=1S/C36H60N12O12S2/c1-16(2)9-20-30(55)41-18(5)28(53)46-23(13-49)33(58)45-21(10-17(3)4)31(56)47-25-15-62-61-14-24(48-35(25)60)34(59)43-19(7-6-8-39-36(37)38)29(54)40-12-26(50)42-22(11-27(51)52)32(57)44-20/h16-25,49H,6-15H2,1-5H3,(H,40,54)(H,41,55)(H,42,50)(H,43,59)(H,44,57)(H,45,58)(H,46,53)(H,47,56)(H,48,60)(H,51,52)(H4,37,38,39)/t18-,19-,20-,21-,22-,23-,24-,25-/m0/s1. The quantitative estimate of drug-likeness (QED) is 0.0400. The molecule has 0 aliphatic carbocycles. The first-order chi connectivity index (χ1) is 29.1. The number of hydrogen-bond donors (Lipinski definition) is 13. The lowest BCUT2D eigenvalue weighted by Crippen LogP contribution is -2.61. The molecule has 2 heterocycles. The molecule has 26 heteroatoms. The van der Waals surface area contributed by atoms with Crippen molar-refractivity contribution in [3.8, 4) is 0 Å². The summed E-state index contributed by atoms with van der Waals surface area (Å²) in [5, 5.41) is 41.6. The molecular weight excluding hydrogens is 857 g/mol. The van der Waals surface area contributed by atoms with E-state index in [0.717, 1.165) is 0 Å². The highest BCUT2D eigenvalue weighted by Gasteiger charge is 2.36. The molecule has 348 valence electrons. The fourth-order valence-electron chi connectivity index (χ4n) is 5.93. The summed E-state index contributed by atoms with van der Waals surface area (Å²) < 4.78 is 0. The van der Waals surface area contributed by atoms with Crippen LogP contribution in [-0.2, 0) is 47.9 Å². The average Bonchev–Trinajstić information content (AvgIpc) is 3.17. The van der Waals surface area contributed by atoms with Crippen molar-refractivity contribution in [2.75, 3.05) is 31.2 Å². The van der Waals surface area contributed by atoms with Crippen molar-refractivity contribution in [3.63, 3.8) is 0 Å². The third-order valence-electron chi connectivity index (χ3n) is 9.10. The van der Waals surface area contributed by atoms with Crippen molar-refractivity contribution in [2.45, 2.75) is 115 Å². The van der Waals surface area contributed by atoms with Gasteiger partial charge in [-0.25, -0.2) is 0 Å². The molecule has 62 heavy (non-hydrogen) atoms. The van der Waals surface area contributed by atoms with Gasteiger partial charge in [0.05, 0.1) is 19.6 Å². The van der Waals surface area contributed by atoms with Crippen molar-refractivity contribution < 1.29 is 58.2 Å². The molecule has 8 atom stereocenters. The van der Waals surface area contributed by atoms with Gasteiger partial charge in [-0.1, -0.05) is 49.3 Å². The van der Waals surface area contributed by atoms with Crippen LogP contribution in [0.5, 0.6) is 0 Å². The average molecular weight is 917 g/mol. The number of carboxylic acid groups (broad SMARTS) is 1. The predicted molar refractivity (Wildman–Crippen MR) is 227 cm³/mol. The van der Waals surface area contributed by atoms with E-state index in [2.05, 4.69) is 52.8 Å². The Kier molecular flexibility index (Phi) is 22.3. The summed E-state index contributed by atoms with van der Waals surface area (Å²) in [7, 11) is 2.37. The zero-order valence-corrected chi connectivity index (χ0v) is 36.9. The van der Waals surface area contributed by atoms with E-state index < -0.39 is 127 Å². The number of aliphatic imine (C=N–C) groups is 1. The number of nitrogens with one attached hydrogen (secondary N) is 9. The molecule has 0 aromatic rings. The molecule has 0 saturated carbocycles. The number of carbonyl (C=O) groups excluding carboxylic acids is 9. The molecule has 9 amide bonds. The van der Waals surface area contributed by atoms with E-state index in [1.54, 1.807) is 27.7 Å². The van der Waals surface area contributed by atoms with Gasteiger partial charge in [0.2, 0.25) is 53.2 Å². The maximum atomic E-state index is 13.6. The maximum absolute atomic E-state index is 13.6. The number of aliphatic hydroxyl groups is 1. The lowest BCUT2D eigenvalue weighted by Gasteiger charge is -2.29. The Hall–Kier alpha value is -5.37. The van der Waals surface area contributed by atoms with Crippen LogP contribution in [0.15, 0.2) is 4.99 Å². The second kappa shape index (κ2) is 26.2. The zero-order chi connectivity index (χ0) is 46.7. The molecule has 2 rings (SSSR count). The summed E-state index contributed by atoms with van der Waals surface area (Å²) in [6.45, 7) is 6.61. The number of amides is 9. The smallest absolute Gasteiger partial charge is 0.305 e. The highest BCUT2D eigenvalue weighted by atomic mass is 33.1. The molecule has 0 aromatic heterocycles. The molecule has 24 nitrogen and oxygen atoms in total. The number of nitrogens with zero attached hydrogens (tertiary/aromatic N) is 1. The minimum Gasteiger partial charge on any atom is -0.481 e. The molecule has 2 saturated heterocycles. The molecule has 2 aliphatic rings. The maximum Gasteiger partial charge on any atom is 0.305 e. The van der Waals surface area contributed by atoms with Gasteiger partial charge in [0.15, 0.2) is 5.96 Å². The van der Waals surface area contributed by atoms with E-state index in [1.807, 2.05) is 0 Å². The number of hydrogen-bond acceptors (Lipinski definition) is 14. The first-order valence-electron chi connectivity index (χ1n) is 19.9. The van der Waals surface area contributed by atoms with Crippen LogP contribution in [0, 0.1) is 11.8 Å². The largest absolute Gasteiger partial charge is 0.481 e. The van der Waals surface area contributed by atoms with Crippen molar-refractivity contribution in [1.29, 1.82) is 0 Å². The van der Waals surface area contributed by atoms with E-state index in [1.165, 1.54) is 28.5 Å². The molecule has 0 unspecified atom stereocenters. The lowest BCUT2D eigenvalue weighted by atomic mass is 10.0. The number of aliphatic hydroxyl groups excluding tert-OH is 1. The number of rotatable bonds is 11. The monoisotopic (exact) mass is 916 g/mol. The Morgan fingerprint density at radius 1 is 0.645 bits per heavy atom. The second-order valence-corrected chi connectivity index (χ2v) is 18.0. The fourth-order valence-corrected chi connectivity index (χ4v) is 8.26. The number of nitrogens with two attached hydrogens (primary N) is 2. The lowest BCUT2D eigenvalue weighted by molar-refractivity contribution is -0.141. The van der Waals surface area contributed by atoms with Crippen molar-refractivity contribution >= 4 is 86.7 Å². The summed E-state index contributed by atoms with van der Waals surface area (Å²) in [6, 6.07) is -11.1. The summed E-state index contributed by atoms with van der Waals surface area (Å²) in [5.74, 6) is -10.1. The van der Waals surface area contributed by atoms with Gasteiger partial charge in [-0.2, -0.15) is 0 Å². The van der Waals surface area contributed by atoms with Crippen LogP contribution in [0.3, 0.4) is 0 Å². The van der Waals surface area contributed by atoms with Crippen LogP contribution in [0.4, 0.5) is 0 Å². The molecule has 15 N–H and O–H groups in total. The van der Waals surface area contributed by atoms with E-state index in [-0.39, 0.29) is 61.5 Å². The summed E-state index contributed by atoms with van der Waals surface area (Å²) in [5.41, 5.74) is 10.8. The highest BCUT2D eigenvalue weighted by Crippen LogP contribution is 2.25. The Morgan fingerprint density at radius 2 is 1.11 bits per heavy atom. The second-order valence-electron chi connectivity index (χ2n) is 15.5. The third-order valence-corrected chi connectivity index (χ3v) is 11.5. The van der Waals surface area contributed by atoms with Crippen LogP contribution >= 0.6 is 21.6 Å². The molecule has 2 fully saturated rings. The Balaban J connectivity index is 2.55. The van der Waals surface area contributed by atoms with Crippen LogP contribution in [0.1, 0.15) is 66.7 Å². The Bertz CT molecular complexity index is 1680. The van der Waals surface area contributed by atoms with Crippen molar-refractivity contribution in [1.82, 2.24) is 47.9 Å². The number of carboxylic acids is 1. The first kappa shape index (κ1) is 52.8. The highest BCUT2D eigenvalue weighted by molar-refractivity contribution is 8.76. The number of carbonyl (C=O) groups is 10. The first-order valence-corrected chi connectivity index (χ1v) is 22.4. The Labute approximate surface area is 366 Å². The van der Waals surface area contributed by atoms with Crippen LogP contribution in [-0.4, -0.2) is 155 Å². The topological polar surface area (TPSA) is 384 Å². The molecular formula is C36H60N12O12S2. The zero-order valence-electron chi connectivity index (χ0n) is 35.2. The minimum atomic E-state index is -1.75. The third kappa shape index (κ3) is 18.7. The summed E-state index contributed by atoms with van der Waals surface area (Å²) >= 11 is 0. The van der Waals surface area contributed by atoms with Gasteiger partial charge in [0, 0.05) is 18.1 Å². The molecule has 0 aromatic carbocycles. The van der Waals surface area contributed by atoms with Gasteiger partial charge in [-0.3, -0.25) is 52.9 Å². The van der Waals surface area contributed by atoms with Gasteiger partial charge >= 0.3 is 5.97 Å². The number of aliphatic carboxylic acids is 1. The number of fused-ring (bicyclic) bond motifs is 3. The van der Waals surface area contributed by atoms with Gasteiger partial charge < -0.3 is 69.5 Å². The predicted octanol–water partition coefficient (Wildman–Crippen LogP) is -4.98. The normalized spacial score (nSPS) is 27.1. The number of guanidine groups is 1. The Morgan fingerprint density at radius 3 is 1.63 bits per heavy atom. The van der Waals surface area contributed by atoms with Gasteiger partial charge in [-0.15, -0.1) is 0 Å². The van der Waals surface area contributed by atoms with Gasteiger partial charge in [0.25, 0.3) is 0 Å². The van der Waals surface area contributed by atoms with Crippen molar-refractivity contribution in [2.24, 2.45) is 28.3 Å². The van der Waals surface area contributed by atoms with Crippen LogP contribution in [0.2, 0.25) is 0 Å². The van der Waals surface area contributed by atoms with E-state index in [9.17, 15) is 58.2 Å². The van der Waals surface area contributed by atoms with E-state index in [0.29, 0.717) is 0 Å². The summed E-state index contributed by atoms with van der Waals surface area (Å²) in [4.78, 5) is 136. The molecule has 0 spiro atoms. The van der Waals surface area contributed by atoms with Crippen molar-refractivity contribution in [3.05, 3.63) is 0 Å². The van der Waals surface area contributed by atoms with Crippen LogP contribution < -0.4 is 59.3 Å².